The first-order valence-electron chi connectivity index (χ1n) is 8.84. The van der Waals surface area contributed by atoms with Crippen LogP contribution in [0.15, 0.2) is 48.0 Å². The summed E-state index contributed by atoms with van der Waals surface area (Å²) in [6.45, 7) is 2.51. The van der Waals surface area contributed by atoms with Gasteiger partial charge < -0.3 is 10.6 Å². The van der Waals surface area contributed by atoms with Crippen LogP contribution in [0.4, 0.5) is 11.6 Å². The van der Waals surface area contributed by atoms with Gasteiger partial charge >= 0.3 is 0 Å². The second kappa shape index (κ2) is 8.42. The van der Waals surface area contributed by atoms with Crippen LogP contribution in [0.2, 0.25) is 0 Å². The lowest BCUT2D eigenvalue weighted by Crippen LogP contribution is -2.26. The van der Waals surface area contributed by atoms with Gasteiger partial charge in [-0.1, -0.05) is 29.8 Å². The van der Waals surface area contributed by atoms with E-state index in [1.807, 2.05) is 37.3 Å². The molecule has 0 radical (unpaired) electrons. The number of amides is 1. The standard InChI is InChI=1S/C20H24N4O/c1-15-14-18(19(25)21-13-12-16-8-4-2-5-9-16)24-20(22-15)23-17-10-6-3-7-11-17/h3,6-8,10-11,14H,2,4-5,9,12-13H2,1H3,(H,21,25)(H,22,23,24). The van der Waals surface area contributed by atoms with E-state index in [1.165, 1.54) is 24.8 Å². The van der Waals surface area contributed by atoms with E-state index in [2.05, 4.69) is 26.7 Å². The van der Waals surface area contributed by atoms with Crippen molar-refractivity contribution in [2.45, 2.75) is 39.0 Å². The van der Waals surface area contributed by atoms with E-state index in [-0.39, 0.29) is 5.91 Å². The van der Waals surface area contributed by atoms with Gasteiger partial charge in [0.05, 0.1) is 0 Å². The molecule has 0 aliphatic heterocycles. The van der Waals surface area contributed by atoms with Gasteiger partial charge in [-0.2, -0.15) is 0 Å². The predicted molar refractivity (Wildman–Crippen MR) is 100.0 cm³/mol. The monoisotopic (exact) mass is 336 g/mol. The number of benzene rings is 1. The quantitative estimate of drug-likeness (QED) is 0.778. The van der Waals surface area contributed by atoms with Gasteiger partial charge in [0.15, 0.2) is 0 Å². The maximum Gasteiger partial charge on any atom is 0.270 e. The Morgan fingerprint density at radius 3 is 2.76 bits per heavy atom. The largest absolute Gasteiger partial charge is 0.350 e. The molecule has 25 heavy (non-hydrogen) atoms. The van der Waals surface area contributed by atoms with Gasteiger partial charge in [-0.3, -0.25) is 4.79 Å². The number of aromatic nitrogens is 2. The molecule has 0 bridgehead atoms. The normalized spacial score (nSPS) is 13.9. The van der Waals surface area contributed by atoms with Crippen LogP contribution in [0.25, 0.3) is 0 Å². The Morgan fingerprint density at radius 1 is 1.16 bits per heavy atom. The number of nitrogens with zero attached hydrogens (tertiary/aromatic N) is 2. The van der Waals surface area contributed by atoms with Crippen molar-refractivity contribution in [3.63, 3.8) is 0 Å². The number of nitrogens with one attached hydrogen (secondary N) is 2. The fourth-order valence-electron chi connectivity index (χ4n) is 2.95. The maximum atomic E-state index is 12.4. The van der Waals surface area contributed by atoms with Gasteiger partial charge in [-0.25, -0.2) is 9.97 Å². The number of carbonyl (C=O) groups excluding carboxylic acids is 1. The van der Waals surface area contributed by atoms with Crippen molar-refractivity contribution in [1.29, 1.82) is 0 Å². The molecule has 0 atom stereocenters. The molecule has 5 nitrogen and oxygen atoms in total. The highest BCUT2D eigenvalue weighted by Gasteiger charge is 2.11. The predicted octanol–water partition coefficient (Wildman–Crippen LogP) is 4.15. The average molecular weight is 336 g/mol. The summed E-state index contributed by atoms with van der Waals surface area (Å²) < 4.78 is 0. The molecule has 0 saturated carbocycles. The minimum atomic E-state index is -0.155. The Hall–Kier alpha value is -2.69. The SMILES string of the molecule is Cc1cc(C(=O)NCCC2=CCCCC2)nc(Nc2ccccc2)n1. The number of carbonyl (C=O) groups is 1. The summed E-state index contributed by atoms with van der Waals surface area (Å²) in [6.07, 6.45) is 8.11. The Morgan fingerprint density at radius 2 is 2.00 bits per heavy atom. The molecule has 5 heteroatoms. The summed E-state index contributed by atoms with van der Waals surface area (Å²) in [5.74, 6) is 0.282. The van der Waals surface area contributed by atoms with Crippen LogP contribution in [-0.2, 0) is 0 Å². The first-order chi connectivity index (χ1) is 12.2. The van der Waals surface area contributed by atoms with Crippen molar-refractivity contribution in [3.8, 4) is 0 Å². The third kappa shape index (κ3) is 5.14. The maximum absolute atomic E-state index is 12.4. The van der Waals surface area contributed by atoms with Crippen LogP contribution in [-0.4, -0.2) is 22.4 Å². The number of para-hydroxylation sites is 1. The summed E-state index contributed by atoms with van der Waals surface area (Å²) in [5, 5.41) is 6.10. The van der Waals surface area contributed by atoms with E-state index in [0.717, 1.165) is 24.2 Å². The highest BCUT2D eigenvalue weighted by atomic mass is 16.1. The van der Waals surface area contributed by atoms with Crippen molar-refractivity contribution < 1.29 is 4.79 Å². The van der Waals surface area contributed by atoms with Crippen LogP contribution in [0.3, 0.4) is 0 Å². The Balaban J connectivity index is 1.60. The lowest BCUT2D eigenvalue weighted by Gasteiger charge is -2.13. The highest BCUT2D eigenvalue weighted by molar-refractivity contribution is 5.92. The molecule has 1 amide bonds. The summed E-state index contributed by atoms with van der Waals surface area (Å²) >= 11 is 0. The van der Waals surface area contributed by atoms with Gasteiger partial charge in [0, 0.05) is 17.9 Å². The second-order valence-corrected chi connectivity index (χ2v) is 6.32. The van der Waals surface area contributed by atoms with Crippen LogP contribution < -0.4 is 10.6 Å². The number of anilines is 2. The molecule has 0 saturated heterocycles. The zero-order valence-corrected chi connectivity index (χ0v) is 14.6. The van der Waals surface area contributed by atoms with Gasteiger partial charge in [0.25, 0.3) is 5.91 Å². The lowest BCUT2D eigenvalue weighted by molar-refractivity contribution is 0.0949. The number of hydrogen-bond donors (Lipinski definition) is 2. The highest BCUT2D eigenvalue weighted by Crippen LogP contribution is 2.19. The molecule has 1 aliphatic rings. The number of aryl methyl sites for hydroxylation is 1. The topological polar surface area (TPSA) is 66.9 Å². The Kier molecular flexibility index (Phi) is 5.77. The minimum Gasteiger partial charge on any atom is -0.350 e. The van der Waals surface area contributed by atoms with Gasteiger partial charge in [-0.15, -0.1) is 0 Å². The van der Waals surface area contributed by atoms with Crippen molar-refractivity contribution in [2.75, 3.05) is 11.9 Å². The Bertz CT molecular complexity index is 756. The molecule has 0 unspecified atom stereocenters. The zero-order chi connectivity index (χ0) is 17.5. The molecule has 130 valence electrons. The van der Waals surface area contributed by atoms with Crippen molar-refractivity contribution in [2.24, 2.45) is 0 Å². The van der Waals surface area contributed by atoms with Crippen molar-refractivity contribution in [1.82, 2.24) is 15.3 Å². The van der Waals surface area contributed by atoms with E-state index in [4.69, 9.17) is 0 Å². The molecule has 1 heterocycles. The van der Waals surface area contributed by atoms with E-state index >= 15 is 0 Å². The molecule has 0 fully saturated rings. The van der Waals surface area contributed by atoms with Crippen LogP contribution >= 0.6 is 0 Å². The molecule has 0 spiro atoms. The third-order valence-corrected chi connectivity index (χ3v) is 4.23. The fourth-order valence-corrected chi connectivity index (χ4v) is 2.95. The molecule has 3 rings (SSSR count). The molecule has 1 aliphatic carbocycles. The number of hydrogen-bond acceptors (Lipinski definition) is 4. The summed E-state index contributed by atoms with van der Waals surface area (Å²) in [7, 11) is 0. The fraction of sp³-hybridized carbons (Fsp3) is 0.350. The van der Waals surface area contributed by atoms with Crippen molar-refractivity contribution >= 4 is 17.5 Å². The number of rotatable bonds is 6. The molecular weight excluding hydrogens is 312 g/mol. The van der Waals surface area contributed by atoms with E-state index in [9.17, 15) is 4.79 Å². The number of allylic oxidation sites excluding steroid dienone is 1. The Labute approximate surface area is 148 Å². The van der Waals surface area contributed by atoms with E-state index in [0.29, 0.717) is 18.2 Å². The first kappa shape index (κ1) is 17.1. The smallest absolute Gasteiger partial charge is 0.270 e. The summed E-state index contributed by atoms with van der Waals surface area (Å²) in [4.78, 5) is 21.1. The molecule has 2 aromatic rings. The molecular formula is C20H24N4O. The van der Waals surface area contributed by atoms with Gasteiger partial charge in [0.2, 0.25) is 5.95 Å². The first-order valence-corrected chi connectivity index (χ1v) is 8.84. The van der Waals surface area contributed by atoms with Gasteiger partial charge in [0.1, 0.15) is 5.69 Å². The molecule has 1 aromatic carbocycles. The third-order valence-electron chi connectivity index (χ3n) is 4.23. The van der Waals surface area contributed by atoms with Crippen LogP contribution in [0, 0.1) is 6.92 Å². The van der Waals surface area contributed by atoms with E-state index in [1.54, 1.807) is 6.07 Å². The molecule has 1 aromatic heterocycles. The summed E-state index contributed by atoms with van der Waals surface area (Å²) in [6, 6.07) is 11.4. The van der Waals surface area contributed by atoms with E-state index < -0.39 is 0 Å². The lowest BCUT2D eigenvalue weighted by atomic mass is 9.97. The average Bonchev–Trinajstić information content (AvgIpc) is 2.63. The summed E-state index contributed by atoms with van der Waals surface area (Å²) in [5.41, 5.74) is 3.50. The molecule has 2 N–H and O–H groups in total. The zero-order valence-electron chi connectivity index (χ0n) is 14.6. The second-order valence-electron chi connectivity index (χ2n) is 6.32. The van der Waals surface area contributed by atoms with Crippen molar-refractivity contribution in [3.05, 3.63) is 59.4 Å². The minimum absolute atomic E-state index is 0.155. The van der Waals surface area contributed by atoms with Gasteiger partial charge in [-0.05, 0) is 57.2 Å². The van der Waals surface area contributed by atoms with Crippen LogP contribution in [0.1, 0.15) is 48.3 Å². The van der Waals surface area contributed by atoms with Crippen LogP contribution in [0.5, 0.6) is 0 Å².